The third kappa shape index (κ3) is 5.21. The third-order valence-electron chi connectivity index (χ3n) is 6.99. The molecule has 37 heavy (non-hydrogen) atoms. The average molecular weight is 497 g/mol. The molecule has 0 fully saturated rings. The van der Waals surface area contributed by atoms with Crippen LogP contribution in [0.5, 0.6) is 5.75 Å². The van der Waals surface area contributed by atoms with Gasteiger partial charge in [0.05, 0.1) is 31.1 Å². The molecule has 2 N–H and O–H groups in total. The van der Waals surface area contributed by atoms with Crippen LogP contribution in [0.2, 0.25) is 0 Å². The van der Waals surface area contributed by atoms with Crippen molar-refractivity contribution in [3.63, 3.8) is 0 Å². The fourth-order valence-electron chi connectivity index (χ4n) is 5.27. The van der Waals surface area contributed by atoms with E-state index in [1.165, 1.54) is 0 Å². The molecule has 2 aromatic carbocycles. The van der Waals surface area contributed by atoms with Crippen LogP contribution in [0.15, 0.2) is 84.3 Å². The van der Waals surface area contributed by atoms with Crippen LogP contribution in [0, 0.1) is 5.41 Å². The summed E-state index contributed by atoms with van der Waals surface area (Å²) in [4.78, 5) is 33.2. The zero-order valence-electron chi connectivity index (χ0n) is 21.5. The number of nitrogens with zero attached hydrogens (tertiary/aromatic N) is 2. The first-order valence-electron chi connectivity index (χ1n) is 12.5. The van der Waals surface area contributed by atoms with Crippen molar-refractivity contribution in [2.24, 2.45) is 5.41 Å². The van der Waals surface area contributed by atoms with Crippen LogP contribution >= 0.6 is 0 Å². The number of carbonyl (C=O) groups is 2. The van der Waals surface area contributed by atoms with Gasteiger partial charge in [-0.15, -0.1) is 0 Å². The molecule has 1 unspecified atom stereocenters. The summed E-state index contributed by atoms with van der Waals surface area (Å²) in [5.41, 5.74) is 5.18. The molecule has 7 nitrogen and oxygen atoms in total. The van der Waals surface area contributed by atoms with E-state index in [0.717, 1.165) is 45.9 Å². The quantitative estimate of drug-likeness (QED) is 0.499. The Morgan fingerprint density at radius 3 is 2.54 bits per heavy atom. The van der Waals surface area contributed by atoms with Crippen LogP contribution in [0.1, 0.15) is 43.9 Å². The number of ketones is 1. The van der Waals surface area contributed by atoms with Crippen LogP contribution in [-0.4, -0.2) is 30.3 Å². The number of nitrogens with one attached hydrogen (secondary N) is 2. The van der Waals surface area contributed by atoms with E-state index in [4.69, 9.17) is 4.74 Å². The van der Waals surface area contributed by atoms with Gasteiger partial charge in [0, 0.05) is 36.6 Å². The Hall–Kier alpha value is -4.13. The molecule has 7 heteroatoms. The van der Waals surface area contributed by atoms with E-state index in [1.807, 2.05) is 65.6 Å². The number of fused-ring (bicyclic) bond motifs is 1. The summed E-state index contributed by atoms with van der Waals surface area (Å²) in [5, 5.41) is 6.63. The van der Waals surface area contributed by atoms with Gasteiger partial charge >= 0.3 is 0 Å². The van der Waals surface area contributed by atoms with E-state index in [9.17, 15) is 9.59 Å². The minimum absolute atomic E-state index is 0.0925. The van der Waals surface area contributed by atoms with Crippen LogP contribution < -0.4 is 20.3 Å². The molecule has 1 atom stereocenters. The highest BCUT2D eigenvalue weighted by molar-refractivity contribution is 6.01. The van der Waals surface area contributed by atoms with Crippen molar-refractivity contribution in [2.75, 3.05) is 23.9 Å². The van der Waals surface area contributed by atoms with Gasteiger partial charge < -0.3 is 20.3 Å². The van der Waals surface area contributed by atoms with Gasteiger partial charge in [-0.25, -0.2) is 0 Å². The molecule has 1 aliphatic heterocycles. The molecule has 0 bridgehead atoms. The summed E-state index contributed by atoms with van der Waals surface area (Å²) >= 11 is 0. The maximum absolute atomic E-state index is 13.7. The van der Waals surface area contributed by atoms with Gasteiger partial charge in [-0.05, 0) is 59.4 Å². The van der Waals surface area contributed by atoms with Gasteiger partial charge in [0.1, 0.15) is 5.75 Å². The number of pyridine rings is 1. The number of Topliss-reactive ketones (excluding diaryl/α,β-unsaturated/α-hetero) is 1. The number of ether oxygens (including phenoxy) is 1. The molecule has 0 saturated heterocycles. The van der Waals surface area contributed by atoms with Crippen LogP contribution in [-0.2, 0) is 16.1 Å². The van der Waals surface area contributed by atoms with Crippen molar-refractivity contribution in [1.82, 2.24) is 10.3 Å². The molecule has 2 heterocycles. The Labute approximate surface area is 217 Å². The first-order chi connectivity index (χ1) is 17.8. The summed E-state index contributed by atoms with van der Waals surface area (Å²) in [6.45, 7) is 4.74. The molecule has 1 aromatic heterocycles. The second-order valence-electron chi connectivity index (χ2n) is 10.4. The van der Waals surface area contributed by atoms with E-state index in [0.29, 0.717) is 13.0 Å². The number of para-hydroxylation sites is 2. The highest BCUT2D eigenvalue weighted by Gasteiger charge is 2.41. The highest BCUT2D eigenvalue weighted by atomic mass is 16.5. The number of rotatable bonds is 6. The number of hydrogen-bond acceptors (Lipinski definition) is 6. The molecule has 3 aromatic rings. The number of methoxy groups -OCH3 is 1. The van der Waals surface area contributed by atoms with E-state index in [1.54, 1.807) is 19.5 Å². The van der Waals surface area contributed by atoms with Gasteiger partial charge in [-0.2, -0.15) is 0 Å². The van der Waals surface area contributed by atoms with Crippen LogP contribution in [0.25, 0.3) is 0 Å². The Morgan fingerprint density at radius 1 is 1.08 bits per heavy atom. The second-order valence-corrected chi connectivity index (χ2v) is 10.4. The van der Waals surface area contributed by atoms with E-state index in [2.05, 4.69) is 29.5 Å². The third-order valence-corrected chi connectivity index (χ3v) is 6.99. The summed E-state index contributed by atoms with van der Waals surface area (Å²) in [7, 11) is 1.63. The number of aromatic nitrogens is 1. The predicted octanol–water partition coefficient (Wildman–Crippen LogP) is 5.02. The standard InChI is InChI=1S/C30H32N4O3/c1-30(2)16-24-28(26(35)17-30)29(21-12-14-31-15-13-21)34(25-7-5-4-6-23(25)33-24)19-27(36)32-18-20-8-10-22(37-3)11-9-20/h4-15,29,33H,16-19H2,1-3H3,(H,32,36). The van der Waals surface area contributed by atoms with Crippen LogP contribution in [0.3, 0.4) is 0 Å². The molecule has 190 valence electrons. The largest absolute Gasteiger partial charge is 0.497 e. The highest BCUT2D eigenvalue weighted by Crippen LogP contribution is 2.48. The lowest BCUT2D eigenvalue weighted by atomic mass is 9.73. The number of allylic oxidation sites excluding steroid dienone is 1. The van der Waals surface area contributed by atoms with E-state index < -0.39 is 6.04 Å². The molecule has 0 spiro atoms. The van der Waals surface area contributed by atoms with E-state index in [-0.39, 0.29) is 23.7 Å². The predicted molar refractivity (Wildman–Crippen MR) is 144 cm³/mol. The first-order valence-corrected chi connectivity index (χ1v) is 12.5. The first kappa shape index (κ1) is 24.6. The second kappa shape index (κ2) is 10.1. The van der Waals surface area contributed by atoms with Gasteiger partial charge in [-0.3, -0.25) is 14.6 Å². The smallest absolute Gasteiger partial charge is 0.239 e. The molecule has 5 rings (SSSR count). The maximum atomic E-state index is 13.7. The molecule has 1 amide bonds. The fourth-order valence-corrected chi connectivity index (χ4v) is 5.27. The summed E-state index contributed by atoms with van der Waals surface area (Å²) < 4.78 is 5.22. The Balaban J connectivity index is 1.51. The Bertz CT molecular complexity index is 1330. The van der Waals surface area contributed by atoms with Crippen molar-refractivity contribution < 1.29 is 14.3 Å². The summed E-state index contributed by atoms with van der Waals surface area (Å²) in [5.74, 6) is 0.752. The molecule has 2 aliphatic rings. The topological polar surface area (TPSA) is 83.6 Å². The summed E-state index contributed by atoms with van der Waals surface area (Å²) in [6, 6.07) is 19.0. The molecular formula is C30H32N4O3. The number of benzene rings is 2. The SMILES string of the molecule is COc1ccc(CNC(=O)CN2c3ccccc3NC3=C(C(=O)CC(C)(C)C3)C2c2ccncc2)cc1. The molecule has 1 aliphatic carbocycles. The summed E-state index contributed by atoms with van der Waals surface area (Å²) in [6.07, 6.45) is 4.68. The number of hydrogen-bond donors (Lipinski definition) is 2. The van der Waals surface area contributed by atoms with Crippen molar-refractivity contribution in [3.05, 3.63) is 95.5 Å². The zero-order valence-corrected chi connectivity index (χ0v) is 21.5. The molecule has 0 saturated carbocycles. The van der Waals surface area contributed by atoms with Gasteiger partial charge in [0.15, 0.2) is 5.78 Å². The monoisotopic (exact) mass is 496 g/mol. The lowest BCUT2D eigenvalue weighted by molar-refractivity contribution is -0.120. The van der Waals surface area contributed by atoms with Crippen molar-refractivity contribution in [1.29, 1.82) is 0 Å². The maximum Gasteiger partial charge on any atom is 0.239 e. The Kier molecular flexibility index (Phi) is 6.70. The average Bonchev–Trinajstić information content (AvgIpc) is 3.02. The van der Waals surface area contributed by atoms with Crippen molar-refractivity contribution in [2.45, 2.75) is 39.3 Å². The lowest BCUT2D eigenvalue weighted by Crippen LogP contribution is -2.41. The lowest BCUT2D eigenvalue weighted by Gasteiger charge is -2.37. The van der Waals surface area contributed by atoms with Crippen molar-refractivity contribution >= 4 is 23.1 Å². The number of amides is 1. The number of anilines is 2. The molecular weight excluding hydrogens is 464 g/mol. The Morgan fingerprint density at radius 2 is 1.81 bits per heavy atom. The van der Waals surface area contributed by atoms with Crippen molar-refractivity contribution in [3.8, 4) is 5.75 Å². The van der Waals surface area contributed by atoms with E-state index >= 15 is 0 Å². The van der Waals surface area contributed by atoms with Gasteiger partial charge in [0.2, 0.25) is 5.91 Å². The van der Waals surface area contributed by atoms with Crippen LogP contribution in [0.4, 0.5) is 11.4 Å². The zero-order chi connectivity index (χ0) is 26.0. The fraction of sp³-hybridized carbons (Fsp3) is 0.300. The normalized spacial score (nSPS) is 18.3. The van der Waals surface area contributed by atoms with Gasteiger partial charge in [0.25, 0.3) is 0 Å². The minimum Gasteiger partial charge on any atom is -0.497 e. The molecule has 0 radical (unpaired) electrons. The number of carbonyl (C=O) groups excluding carboxylic acids is 2. The van der Waals surface area contributed by atoms with Gasteiger partial charge in [-0.1, -0.05) is 38.1 Å². The minimum atomic E-state index is -0.413.